The van der Waals surface area contributed by atoms with Gasteiger partial charge < -0.3 is 15.5 Å². The maximum absolute atomic E-state index is 10.6. The smallest absolute Gasteiger partial charge is 0.316 e. The molecule has 2 aromatic rings. The lowest BCUT2D eigenvalue weighted by Gasteiger charge is -1.94. The molecule has 0 saturated carbocycles. The van der Waals surface area contributed by atoms with Crippen molar-refractivity contribution in [3.63, 3.8) is 0 Å². The van der Waals surface area contributed by atoms with Crippen LogP contribution in [0.4, 0.5) is 10.5 Å². The van der Waals surface area contributed by atoms with Gasteiger partial charge >= 0.3 is 6.03 Å². The molecule has 2 heterocycles. The third-order valence-electron chi connectivity index (χ3n) is 1.59. The molecular formula is C8H7N3O2. The average molecular weight is 177 g/mol. The van der Waals surface area contributed by atoms with E-state index in [9.17, 15) is 4.79 Å². The topological polar surface area (TPSA) is 81.2 Å². The van der Waals surface area contributed by atoms with Gasteiger partial charge in [-0.05, 0) is 12.1 Å². The number of aromatic nitrogens is 1. The first kappa shape index (κ1) is 7.60. The highest BCUT2D eigenvalue weighted by molar-refractivity contribution is 5.97. The molecule has 5 heteroatoms. The predicted octanol–water partition coefficient (Wildman–Crippen LogP) is 1.32. The Labute approximate surface area is 73.5 Å². The molecule has 0 aliphatic rings. The van der Waals surface area contributed by atoms with E-state index in [-0.39, 0.29) is 0 Å². The fourth-order valence-corrected chi connectivity index (χ4v) is 1.09. The summed E-state index contributed by atoms with van der Waals surface area (Å²) < 4.78 is 5.12. The minimum atomic E-state index is -0.631. The molecule has 2 aromatic heterocycles. The Balaban J connectivity index is 2.51. The van der Waals surface area contributed by atoms with Crippen LogP contribution < -0.4 is 11.1 Å². The molecule has 0 radical (unpaired) electrons. The third-order valence-corrected chi connectivity index (χ3v) is 1.59. The van der Waals surface area contributed by atoms with E-state index in [1.54, 1.807) is 18.3 Å². The van der Waals surface area contributed by atoms with Crippen LogP contribution in [0.1, 0.15) is 0 Å². The number of nitrogens with zero attached hydrogens (tertiary/aromatic N) is 1. The highest BCUT2D eigenvalue weighted by Gasteiger charge is 2.06. The third kappa shape index (κ3) is 1.31. The second-order valence-corrected chi connectivity index (χ2v) is 2.49. The molecule has 2 rings (SSSR count). The monoisotopic (exact) mass is 177 g/mol. The number of amides is 2. The number of urea groups is 1. The fraction of sp³-hybridized carbons (Fsp3) is 0. The van der Waals surface area contributed by atoms with Crippen molar-refractivity contribution in [1.29, 1.82) is 0 Å². The van der Waals surface area contributed by atoms with E-state index in [1.807, 2.05) is 0 Å². The molecule has 66 valence electrons. The normalized spacial score (nSPS) is 10.2. The highest BCUT2D eigenvalue weighted by Crippen LogP contribution is 2.22. The van der Waals surface area contributed by atoms with Crippen molar-refractivity contribution in [2.24, 2.45) is 5.73 Å². The lowest BCUT2D eigenvalue weighted by molar-refractivity contribution is 0.259. The van der Waals surface area contributed by atoms with E-state index in [1.165, 1.54) is 6.26 Å². The average Bonchev–Trinajstić information content (AvgIpc) is 2.48. The van der Waals surface area contributed by atoms with Crippen LogP contribution in [0, 0.1) is 0 Å². The van der Waals surface area contributed by atoms with Gasteiger partial charge in [0, 0.05) is 6.20 Å². The zero-order valence-corrected chi connectivity index (χ0v) is 6.65. The fourth-order valence-electron chi connectivity index (χ4n) is 1.09. The molecular weight excluding hydrogens is 170 g/mol. The Kier molecular flexibility index (Phi) is 1.63. The van der Waals surface area contributed by atoms with E-state index in [0.29, 0.717) is 16.8 Å². The molecule has 0 spiro atoms. The van der Waals surface area contributed by atoms with Crippen molar-refractivity contribution in [3.8, 4) is 0 Å². The van der Waals surface area contributed by atoms with Crippen molar-refractivity contribution < 1.29 is 9.21 Å². The number of fused-ring (bicyclic) bond motifs is 1. The van der Waals surface area contributed by atoms with E-state index >= 15 is 0 Å². The summed E-state index contributed by atoms with van der Waals surface area (Å²) in [6.07, 6.45) is 3.02. The van der Waals surface area contributed by atoms with Crippen molar-refractivity contribution in [1.82, 2.24) is 4.98 Å². The zero-order valence-electron chi connectivity index (χ0n) is 6.65. The predicted molar refractivity (Wildman–Crippen MR) is 47.2 cm³/mol. The lowest BCUT2D eigenvalue weighted by Crippen LogP contribution is -2.18. The molecule has 0 aliphatic carbocycles. The molecule has 0 unspecified atom stereocenters. The van der Waals surface area contributed by atoms with Gasteiger partial charge in [0.15, 0.2) is 5.58 Å². The maximum Gasteiger partial charge on any atom is 0.316 e. The Morgan fingerprint density at radius 3 is 3.23 bits per heavy atom. The number of pyridine rings is 1. The van der Waals surface area contributed by atoms with Crippen LogP contribution in [-0.4, -0.2) is 11.0 Å². The van der Waals surface area contributed by atoms with Crippen LogP contribution in [-0.2, 0) is 0 Å². The summed E-state index contributed by atoms with van der Waals surface area (Å²) in [5.74, 6) is 0. The number of primary amides is 1. The van der Waals surface area contributed by atoms with Gasteiger partial charge in [-0.15, -0.1) is 0 Å². The number of carbonyl (C=O) groups excluding carboxylic acids is 1. The van der Waals surface area contributed by atoms with Crippen molar-refractivity contribution in [3.05, 3.63) is 24.6 Å². The summed E-state index contributed by atoms with van der Waals surface area (Å²) in [6, 6.07) is 2.88. The number of carbonyl (C=O) groups is 1. The van der Waals surface area contributed by atoms with Crippen LogP contribution in [0.15, 0.2) is 29.0 Å². The van der Waals surface area contributed by atoms with Gasteiger partial charge in [0.25, 0.3) is 0 Å². The number of anilines is 1. The maximum atomic E-state index is 10.6. The number of rotatable bonds is 1. The molecule has 3 N–H and O–H groups in total. The molecule has 0 atom stereocenters. The van der Waals surface area contributed by atoms with Gasteiger partial charge in [0.1, 0.15) is 17.5 Å². The van der Waals surface area contributed by atoms with Crippen molar-refractivity contribution >= 4 is 22.8 Å². The van der Waals surface area contributed by atoms with E-state index < -0.39 is 6.03 Å². The lowest BCUT2D eigenvalue weighted by atomic mass is 10.3. The number of furan rings is 1. The van der Waals surface area contributed by atoms with Gasteiger partial charge in [0.2, 0.25) is 0 Å². The van der Waals surface area contributed by atoms with E-state index in [0.717, 1.165) is 0 Å². The molecule has 5 nitrogen and oxygen atoms in total. The molecule has 0 fully saturated rings. The molecule has 0 aromatic carbocycles. The minimum absolute atomic E-state index is 0.489. The van der Waals surface area contributed by atoms with Crippen LogP contribution in [0.5, 0.6) is 0 Å². The van der Waals surface area contributed by atoms with Gasteiger partial charge in [-0.25, -0.2) is 4.79 Å². The Morgan fingerprint density at radius 2 is 2.46 bits per heavy atom. The summed E-state index contributed by atoms with van der Waals surface area (Å²) in [5.41, 5.74) is 6.66. The zero-order chi connectivity index (χ0) is 9.26. The van der Waals surface area contributed by atoms with Gasteiger partial charge in [-0.2, -0.15) is 0 Å². The standard InChI is InChI=1S/C8H7N3O2/c9-8(12)11-5-4-13-6-2-1-3-10-7(5)6/h1-4H,(H3,9,11,12). The quantitative estimate of drug-likeness (QED) is 0.689. The van der Waals surface area contributed by atoms with Crippen molar-refractivity contribution in [2.75, 3.05) is 5.32 Å². The van der Waals surface area contributed by atoms with E-state index in [4.69, 9.17) is 10.2 Å². The minimum Gasteiger partial charge on any atom is -0.460 e. The Bertz CT molecular complexity index is 449. The summed E-state index contributed by atoms with van der Waals surface area (Å²) in [4.78, 5) is 14.6. The molecule has 13 heavy (non-hydrogen) atoms. The first-order valence-corrected chi connectivity index (χ1v) is 3.66. The summed E-state index contributed by atoms with van der Waals surface area (Å²) >= 11 is 0. The number of nitrogens with one attached hydrogen (secondary N) is 1. The molecule has 0 aliphatic heterocycles. The molecule has 0 bridgehead atoms. The number of hydrogen-bond acceptors (Lipinski definition) is 3. The summed E-state index contributed by atoms with van der Waals surface area (Å²) in [7, 11) is 0. The first-order chi connectivity index (χ1) is 6.27. The van der Waals surface area contributed by atoms with Gasteiger partial charge in [-0.3, -0.25) is 4.98 Å². The van der Waals surface area contributed by atoms with Crippen molar-refractivity contribution in [2.45, 2.75) is 0 Å². The summed E-state index contributed by atoms with van der Waals surface area (Å²) in [5, 5.41) is 2.41. The highest BCUT2D eigenvalue weighted by atomic mass is 16.3. The Morgan fingerprint density at radius 1 is 1.62 bits per heavy atom. The SMILES string of the molecule is NC(=O)Nc1coc2cccnc12. The first-order valence-electron chi connectivity index (χ1n) is 3.66. The van der Waals surface area contributed by atoms with Crippen LogP contribution in [0.2, 0.25) is 0 Å². The summed E-state index contributed by atoms with van der Waals surface area (Å²) in [6.45, 7) is 0. The van der Waals surface area contributed by atoms with E-state index in [2.05, 4.69) is 10.3 Å². The Hall–Kier alpha value is -2.04. The molecule has 2 amide bonds. The second kappa shape index (κ2) is 2.78. The second-order valence-electron chi connectivity index (χ2n) is 2.49. The van der Waals surface area contributed by atoms with Crippen LogP contribution in [0.3, 0.4) is 0 Å². The number of hydrogen-bond donors (Lipinski definition) is 2. The van der Waals surface area contributed by atoms with Crippen LogP contribution in [0.25, 0.3) is 11.1 Å². The molecule has 0 saturated heterocycles. The van der Waals surface area contributed by atoms with Crippen LogP contribution >= 0.6 is 0 Å². The van der Waals surface area contributed by atoms with Gasteiger partial charge in [-0.1, -0.05) is 0 Å². The number of nitrogens with two attached hydrogens (primary N) is 1. The largest absolute Gasteiger partial charge is 0.460 e. The van der Waals surface area contributed by atoms with Gasteiger partial charge in [0.05, 0.1) is 0 Å².